The largest absolute Gasteiger partial charge is 0.360 e. The molecule has 1 amide bonds. The van der Waals surface area contributed by atoms with Crippen LogP contribution in [-0.2, 0) is 6.54 Å². The number of likely N-dealkylation sites (tertiary alicyclic amines) is 1. The second kappa shape index (κ2) is 8.03. The Morgan fingerprint density at radius 2 is 1.93 bits per heavy atom. The molecule has 0 spiro atoms. The minimum absolute atomic E-state index is 0.0387. The van der Waals surface area contributed by atoms with Crippen molar-refractivity contribution in [2.75, 3.05) is 13.1 Å². The molecule has 7 heteroatoms. The van der Waals surface area contributed by atoms with Crippen LogP contribution >= 0.6 is 11.6 Å². The average molecular weight is 413 g/mol. The number of halogens is 1. The number of amides is 1. The van der Waals surface area contributed by atoms with Crippen molar-refractivity contribution in [1.82, 2.24) is 19.8 Å². The fourth-order valence-electron chi connectivity index (χ4n) is 4.04. The maximum absolute atomic E-state index is 13.3. The van der Waals surface area contributed by atoms with Crippen LogP contribution in [0.15, 0.2) is 34.9 Å². The van der Waals surface area contributed by atoms with Gasteiger partial charge in [0, 0.05) is 30.9 Å². The number of aromatic nitrogens is 3. The molecule has 3 heterocycles. The van der Waals surface area contributed by atoms with E-state index in [4.69, 9.17) is 16.1 Å². The van der Waals surface area contributed by atoms with E-state index in [2.05, 4.69) is 27.9 Å². The van der Waals surface area contributed by atoms with Gasteiger partial charge in [-0.3, -0.25) is 9.48 Å². The highest BCUT2D eigenvalue weighted by Gasteiger charge is 2.30. The van der Waals surface area contributed by atoms with Crippen LogP contribution in [0.2, 0.25) is 5.02 Å². The van der Waals surface area contributed by atoms with Crippen LogP contribution in [-0.4, -0.2) is 38.8 Å². The summed E-state index contributed by atoms with van der Waals surface area (Å²) in [5.74, 6) is 1.00. The van der Waals surface area contributed by atoms with Crippen molar-refractivity contribution in [2.45, 2.75) is 40.2 Å². The molecule has 1 aliphatic heterocycles. The van der Waals surface area contributed by atoms with Crippen LogP contribution in [0.4, 0.5) is 0 Å². The van der Waals surface area contributed by atoms with Gasteiger partial charge >= 0.3 is 0 Å². The molecule has 29 heavy (non-hydrogen) atoms. The van der Waals surface area contributed by atoms with Gasteiger partial charge in [0.1, 0.15) is 17.0 Å². The standard InChI is InChI=1S/C22H25ClN4O2/c1-14-12-15(2)27(24-14)13-17-8-10-26(11-9-17)22(28)20-16(3)29-25-21(20)18-6-4-5-7-19(18)23/h4-7,12,17H,8-11,13H2,1-3H3. The van der Waals surface area contributed by atoms with Crippen LogP contribution in [0.5, 0.6) is 0 Å². The molecular formula is C22H25ClN4O2. The van der Waals surface area contributed by atoms with E-state index in [0.29, 0.717) is 33.5 Å². The molecule has 0 bridgehead atoms. The van der Waals surface area contributed by atoms with E-state index in [1.807, 2.05) is 30.0 Å². The van der Waals surface area contributed by atoms with E-state index in [1.54, 1.807) is 13.0 Å². The molecule has 2 aromatic heterocycles. The smallest absolute Gasteiger partial charge is 0.259 e. The highest BCUT2D eigenvalue weighted by atomic mass is 35.5. The zero-order valence-electron chi connectivity index (χ0n) is 17.0. The van der Waals surface area contributed by atoms with Gasteiger partial charge in [0.2, 0.25) is 0 Å². The molecule has 1 aromatic carbocycles. The van der Waals surface area contributed by atoms with Gasteiger partial charge in [0.25, 0.3) is 5.91 Å². The lowest BCUT2D eigenvalue weighted by Gasteiger charge is -2.32. The molecule has 0 atom stereocenters. The molecule has 4 rings (SSSR count). The Bertz CT molecular complexity index is 1030. The van der Waals surface area contributed by atoms with E-state index in [-0.39, 0.29) is 5.91 Å². The lowest BCUT2D eigenvalue weighted by atomic mass is 9.95. The van der Waals surface area contributed by atoms with Crippen molar-refractivity contribution < 1.29 is 9.32 Å². The van der Waals surface area contributed by atoms with Gasteiger partial charge < -0.3 is 9.42 Å². The number of benzene rings is 1. The Morgan fingerprint density at radius 3 is 2.59 bits per heavy atom. The lowest BCUT2D eigenvalue weighted by molar-refractivity contribution is 0.0680. The summed E-state index contributed by atoms with van der Waals surface area (Å²) < 4.78 is 7.45. The van der Waals surface area contributed by atoms with Crippen molar-refractivity contribution in [2.24, 2.45) is 5.92 Å². The number of hydrogen-bond acceptors (Lipinski definition) is 4. The second-order valence-electron chi connectivity index (χ2n) is 7.79. The van der Waals surface area contributed by atoms with Gasteiger partial charge in [-0.25, -0.2) is 0 Å². The topological polar surface area (TPSA) is 64.2 Å². The second-order valence-corrected chi connectivity index (χ2v) is 8.19. The average Bonchev–Trinajstić information content (AvgIpc) is 3.23. The number of carbonyl (C=O) groups excluding carboxylic acids is 1. The molecule has 0 unspecified atom stereocenters. The zero-order chi connectivity index (χ0) is 20.5. The summed E-state index contributed by atoms with van der Waals surface area (Å²) in [5.41, 5.74) is 3.97. The normalized spacial score (nSPS) is 15.1. The van der Waals surface area contributed by atoms with Crippen LogP contribution in [0, 0.1) is 26.7 Å². The summed E-state index contributed by atoms with van der Waals surface area (Å²) in [6, 6.07) is 9.48. The highest BCUT2D eigenvalue weighted by molar-refractivity contribution is 6.33. The molecule has 0 aliphatic carbocycles. The SMILES string of the molecule is Cc1cc(C)n(CC2CCN(C(=O)c3c(-c4ccccc4Cl)noc3C)CC2)n1. The zero-order valence-corrected chi connectivity index (χ0v) is 17.7. The first-order chi connectivity index (χ1) is 13.9. The van der Waals surface area contributed by atoms with E-state index in [9.17, 15) is 4.79 Å². The van der Waals surface area contributed by atoms with Crippen molar-refractivity contribution >= 4 is 17.5 Å². The van der Waals surface area contributed by atoms with E-state index in [1.165, 1.54) is 5.69 Å². The molecule has 1 aliphatic rings. The summed E-state index contributed by atoms with van der Waals surface area (Å²) in [5, 5.41) is 9.25. The minimum atomic E-state index is -0.0387. The van der Waals surface area contributed by atoms with Crippen molar-refractivity contribution in [1.29, 1.82) is 0 Å². The Balaban J connectivity index is 1.47. The Morgan fingerprint density at radius 1 is 1.21 bits per heavy atom. The highest BCUT2D eigenvalue weighted by Crippen LogP contribution is 2.32. The maximum Gasteiger partial charge on any atom is 0.259 e. The maximum atomic E-state index is 13.3. The van der Waals surface area contributed by atoms with Crippen LogP contribution < -0.4 is 0 Å². The molecule has 152 valence electrons. The van der Waals surface area contributed by atoms with Gasteiger partial charge in [-0.15, -0.1) is 0 Å². The van der Waals surface area contributed by atoms with E-state index in [0.717, 1.165) is 38.2 Å². The third-order valence-electron chi connectivity index (χ3n) is 5.64. The third kappa shape index (κ3) is 3.94. The molecule has 1 saturated heterocycles. The Hall–Kier alpha value is -2.60. The van der Waals surface area contributed by atoms with Gasteiger partial charge in [0.05, 0.1) is 10.7 Å². The quantitative estimate of drug-likeness (QED) is 0.624. The van der Waals surface area contributed by atoms with Gasteiger partial charge in [-0.2, -0.15) is 5.10 Å². The predicted octanol–water partition coefficient (Wildman–Crippen LogP) is 4.67. The first-order valence-corrected chi connectivity index (χ1v) is 10.3. The number of carbonyl (C=O) groups is 1. The Kier molecular flexibility index (Phi) is 5.46. The molecule has 0 N–H and O–H groups in total. The molecule has 6 nitrogen and oxygen atoms in total. The van der Waals surface area contributed by atoms with E-state index >= 15 is 0 Å². The first kappa shape index (κ1) is 19.7. The van der Waals surface area contributed by atoms with Gasteiger partial charge in [0.15, 0.2) is 0 Å². The summed E-state index contributed by atoms with van der Waals surface area (Å²) in [6.45, 7) is 8.21. The predicted molar refractivity (Wildman–Crippen MR) is 112 cm³/mol. The molecule has 1 fully saturated rings. The van der Waals surface area contributed by atoms with Gasteiger partial charge in [-0.05, 0) is 51.7 Å². The summed E-state index contributed by atoms with van der Waals surface area (Å²) in [6.07, 6.45) is 1.91. The summed E-state index contributed by atoms with van der Waals surface area (Å²) in [7, 11) is 0. The number of piperidine rings is 1. The number of aryl methyl sites for hydroxylation is 3. The van der Waals surface area contributed by atoms with Crippen LogP contribution in [0.25, 0.3) is 11.3 Å². The number of rotatable bonds is 4. The molecule has 0 saturated carbocycles. The third-order valence-corrected chi connectivity index (χ3v) is 5.97. The number of hydrogen-bond donors (Lipinski definition) is 0. The minimum Gasteiger partial charge on any atom is -0.360 e. The fourth-order valence-corrected chi connectivity index (χ4v) is 4.27. The fraction of sp³-hybridized carbons (Fsp3) is 0.409. The molecular weight excluding hydrogens is 388 g/mol. The Labute approximate surface area is 175 Å². The van der Waals surface area contributed by atoms with Crippen molar-refractivity contribution in [3.63, 3.8) is 0 Å². The van der Waals surface area contributed by atoms with Crippen LogP contribution in [0.1, 0.15) is 40.3 Å². The van der Waals surface area contributed by atoms with E-state index < -0.39 is 0 Å². The monoisotopic (exact) mass is 412 g/mol. The summed E-state index contributed by atoms with van der Waals surface area (Å²) >= 11 is 6.33. The lowest BCUT2D eigenvalue weighted by Crippen LogP contribution is -2.39. The van der Waals surface area contributed by atoms with Gasteiger partial charge in [-0.1, -0.05) is 35.0 Å². The summed E-state index contributed by atoms with van der Waals surface area (Å²) in [4.78, 5) is 15.2. The molecule has 3 aromatic rings. The first-order valence-electron chi connectivity index (χ1n) is 9.95. The number of nitrogens with zero attached hydrogens (tertiary/aromatic N) is 4. The van der Waals surface area contributed by atoms with Crippen molar-refractivity contribution in [3.8, 4) is 11.3 Å². The van der Waals surface area contributed by atoms with Crippen LogP contribution in [0.3, 0.4) is 0 Å². The molecule has 0 radical (unpaired) electrons. The van der Waals surface area contributed by atoms with Crippen molar-refractivity contribution in [3.05, 3.63) is 58.1 Å².